The van der Waals surface area contributed by atoms with Crippen LogP contribution in [0.4, 0.5) is 16.2 Å². The lowest BCUT2D eigenvalue weighted by Crippen LogP contribution is -2.24. The predicted molar refractivity (Wildman–Crippen MR) is 100 cm³/mol. The standard InChI is InChI=1S/C19H19N5O2/c1-20-19(26)23-16-9-7-15(8-10-16)22-18(25)11-14-12-21-24(13-14)17-5-3-2-4-6-17/h2-10,12-13H,11H2,1H3,(H,22,25)(H2,20,23,26). The summed E-state index contributed by atoms with van der Waals surface area (Å²) >= 11 is 0. The molecule has 0 aliphatic rings. The van der Waals surface area contributed by atoms with Crippen molar-refractivity contribution in [3.8, 4) is 5.69 Å². The van der Waals surface area contributed by atoms with Gasteiger partial charge in [-0.2, -0.15) is 5.10 Å². The van der Waals surface area contributed by atoms with Crippen LogP contribution in [0.25, 0.3) is 5.69 Å². The summed E-state index contributed by atoms with van der Waals surface area (Å²) in [4.78, 5) is 23.5. The summed E-state index contributed by atoms with van der Waals surface area (Å²) in [5.74, 6) is -0.135. The second-order valence-corrected chi connectivity index (χ2v) is 5.64. The first kappa shape index (κ1) is 17.2. The highest BCUT2D eigenvalue weighted by Gasteiger charge is 2.08. The molecule has 7 heteroatoms. The normalized spacial score (nSPS) is 10.2. The molecule has 0 unspecified atom stereocenters. The second-order valence-electron chi connectivity index (χ2n) is 5.64. The third kappa shape index (κ3) is 4.47. The number of hydrogen-bond donors (Lipinski definition) is 3. The van der Waals surface area contributed by atoms with E-state index in [1.807, 2.05) is 36.5 Å². The monoisotopic (exact) mass is 349 g/mol. The molecule has 0 aliphatic heterocycles. The fraction of sp³-hybridized carbons (Fsp3) is 0.105. The summed E-state index contributed by atoms with van der Waals surface area (Å²) < 4.78 is 1.74. The quantitative estimate of drug-likeness (QED) is 0.662. The van der Waals surface area contributed by atoms with Crippen LogP contribution in [0.1, 0.15) is 5.56 Å². The Labute approximate surface area is 151 Å². The van der Waals surface area contributed by atoms with Gasteiger partial charge in [0.05, 0.1) is 18.3 Å². The Hall–Kier alpha value is -3.61. The van der Waals surface area contributed by atoms with Crippen LogP contribution in [-0.4, -0.2) is 28.8 Å². The molecule has 2 aromatic carbocycles. The SMILES string of the molecule is CNC(=O)Nc1ccc(NC(=O)Cc2cnn(-c3ccccc3)c2)cc1. The predicted octanol–water partition coefficient (Wildman–Crippen LogP) is 2.80. The number of amides is 3. The largest absolute Gasteiger partial charge is 0.341 e. The molecule has 0 aliphatic carbocycles. The molecular weight excluding hydrogens is 330 g/mol. The summed E-state index contributed by atoms with van der Waals surface area (Å²) in [7, 11) is 1.55. The van der Waals surface area contributed by atoms with Gasteiger partial charge in [0.1, 0.15) is 0 Å². The van der Waals surface area contributed by atoms with Gasteiger partial charge in [0.15, 0.2) is 0 Å². The molecule has 7 nitrogen and oxygen atoms in total. The van der Waals surface area contributed by atoms with Crippen LogP contribution in [0.15, 0.2) is 67.0 Å². The molecule has 3 aromatic rings. The van der Waals surface area contributed by atoms with Crippen molar-refractivity contribution in [2.45, 2.75) is 6.42 Å². The van der Waals surface area contributed by atoms with Crippen LogP contribution in [-0.2, 0) is 11.2 Å². The number of nitrogens with zero attached hydrogens (tertiary/aromatic N) is 2. The first-order valence-electron chi connectivity index (χ1n) is 8.11. The minimum atomic E-state index is -0.294. The third-order valence-corrected chi connectivity index (χ3v) is 3.68. The smallest absolute Gasteiger partial charge is 0.318 e. The van der Waals surface area contributed by atoms with Crippen LogP contribution >= 0.6 is 0 Å². The van der Waals surface area contributed by atoms with Gasteiger partial charge in [0.2, 0.25) is 5.91 Å². The second kappa shape index (κ2) is 7.98. The van der Waals surface area contributed by atoms with Crippen molar-refractivity contribution in [2.24, 2.45) is 0 Å². The molecule has 0 radical (unpaired) electrons. The Morgan fingerprint density at radius 3 is 2.27 bits per heavy atom. The van der Waals surface area contributed by atoms with Crippen molar-refractivity contribution < 1.29 is 9.59 Å². The number of urea groups is 1. The van der Waals surface area contributed by atoms with Crippen LogP contribution in [0.5, 0.6) is 0 Å². The molecular formula is C19H19N5O2. The van der Waals surface area contributed by atoms with Gasteiger partial charge in [-0.05, 0) is 42.0 Å². The van der Waals surface area contributed by atoms with Crippen LogP contribution in [0, 0.1) is 0 Å². The average molecular weight is 349 g/mol. The topological polar surface area (TPSA) is 88.1 Å². The van der Waals surface area contributed by atoms with Crippen molar-refractivity contribution in [3.63, 3.8) is 0 Å². The first-order valence-corrected chi connectivity index (χ1v) is 8.11. The Balaban J connectivity index is 1.57. The molecule has 26 heavy (non-hydrogen) atoms. The van der Waals surface area contributed by atoms with E-state index in [4.69, 9.17) is 0 Å². The fourth-order valence-corrected chi connectivity index (χ4v) is 2.39. The molecule has 0 saturated carbocycles. The van der Waals surface area contributed by atoms with Crippen molar-refractivity contribution in [1.82, 2.24) is 15.1 Å². The molecule has 0 fully saturated rings. The molecule has 0 saturated heterocycles. The zero-order valence-electron chi connectivity index (χ0n) is 14.3. The van der Waals surface area contributed by atoms with Gasteiger partial charge in [-0.25, -0.2) is 9.48 Å². The number of benzene rings is 2. The summed E-state index contributed by atoms with van der Waals surface area (Å²) in [5, 5.41) is 12.2. The lowest BCUT2D eigenvalue weighted by atomic mass is 10.2. The Bertz CT molecular complexity index is 888. The zero-order chi connectivity index (χ0) is 18.4. The highest BCUT2D eigenvalue weighted by atomic mass is 16.2. The number of para-hydroxylation sites is 1. The van der Waals surface area contributed by atoms with Crippen molar-refractivity contribution in [2.75, 3.05) is 17.7 Å². The van der Waals surface area contributed by atoms with Crippen molar-refractivity contribution in [1.29, 1.82) is 0 Å². The van der Waals surface area contributed by atoms with Crippen LogP contribution in [0.3, 0.4) is 0 Å². The summed E-state index contributed by atoms with van der Waals surface area (Å²) in [5.41, 5.74) is 3.07. The van der Waals surface area contributed by atoms with E-state index in [9.17, 15) is 9.59 Å². The Morgan fingerprint density at radius 2 is 1.62 bits per heavy atom. The summed E-state index contributed by atoms with van der Waals surface area (Å²) in [6.07, 6.45) is 3.75. The highest BCUT2D eigenvalue weighted by molar-refractivity contribution is 5.93. The molecule has 1 heterocycles. The summed E-state index contributed by atoms with van der Waals surface area (Å²) in [6.45, 7) is 0. The molecule has 3 amide bonds. The van der Waals surface area contributed by atoms with Crippen molar-refractivity contribution >= 4 is 23.3 Å². The van der Waals surface area contributed by atoms with Gasteiger partial charge in [0.25, 0.3) is 0 Å². The fourth-order valence-electron chi connectivity index (χ4n) is 2.39. The highest BCUT2D eigenvalue weighted by Crippen LogP contribution is 2.14. The number of nitrogens with one attached hydrogen (secondary N) is 3. The van der Waals surface area contributed by atoms with Crippen molar-refractivity contribution in [3.05, 3.63) is 72.6 Å². The lowest BCUT2D eigenvalue weighted by molar-refractivity contribution is -0.115. The first-order chi connectivity index (χ1) is 12.6. The lowest BCUT2D eigenvalue weighted by Gasteiger charge is -2.07. The zero-order valence-corrected chi connectivity index (χ0v) is 14.3. The molecule has 0 bridgehead atoms. The maximum absolute atomic E-state index is 12.2. The Morgan fingerprint density at radius 1 is 0.962 bits per heavy atom. The number of carbonyl (C=O) groups excluding carboxylic acids is 2. The van der Waals surface area contributed by atoms with Crippen LogP contribution in [0.2, 0.25) is 0 Å². The maximum Gasteiger partial charge on any atom is 0.318 e. The van der Waals surface area contributed by atoms with E-state index >= 15 is 0 Å². The van der Waals surface area contributed by atoms with Gasteiger partial charge in [-0.3, -0.25) is 4.79 Å². The van der Waals surface area contributed by atoms with Gasteiger partial charge in [0, 0.05) is 24.6 Å². The number of aromatic nitrogens is 2. The van der Waals surface area contributed by atoms with E-state index in [0.717, 1.165) is 11.3 Å². The van der Waals surface area contributed by atoms with Crippen LogP contribution < -0.4 is 16.0 Å². The van der Waals surface area contributed by atoms with Gasteiger partial charge >= 0.3 is 6.03 Å². The number of rotatable bonds is 5. The minimum absolute atomic E-state index is 0.135. The van der Waals surface area contributed by atoms with E-state index in [2.05, 4.69) is 21.0 Å². The van der Waals surface area contributed by atoms with E-state index in [1.165, 1.54) is 0 Å². The molecule has 3 N–H and O–H groups in total. The third-order valence-electron chi connectivity index (χ3n) is 3.68. The number of hydrogen-bond acceptors (Lipinski definition) is 3. The minimum Gasteiger partial charge on any atom is -0.341 e. The Kier molecular flexibility index (Phi) is 5.28. The van der Waals surface area contributed by atoms with E-state index in [0.29, 0.717) is 11.4 Å². The maximum atomic E-state index is 12.2. The molecule has 0 spiro atoms. The van der Waals surface area contributed by atoms with E-state index in [1.54, 1.807) is 42.2 Å². The number of anilines is 2. The van der Waals surface area contributed by atoms with Gasteiger partial charge in [-0.15, -0.1) is 0 Å². The summed E-state index contributed by atoms with van der Waals surface area (Å²) in [6, 6.07) is 16.3. The molecule has 3 rings (SSSR count). The molecule has 0 atom stereocenters. The van der Waals surface area contributed by atoms with Gasteiger partial charge < -0.3 is 16.0 Å². The molecule has 132 valence electrons. The average Bonchev–Trinajstić information content (AvgIpc) is 3.12. The molecule has 1 aromatic heterocycles. The van der Waals surface area contributed by atoms with E-state index in [-0.39, 0.29) is 18.4 Å². The number of carbonyl (C=O) groups is 2. The van der Waals surface area contributed by atoms with Gasteiger partial charge in [-0.1, -0.05) is 18.2 Å². The van der Waals surface area contributed by atoms with E-state index < -0.39 is 0 Å².